The number of carbonyl (C=O) groups is 2. The molecule has 1 saturated heterocycles. The van der Waals surface area contributed by atoms with Gasteiger partial charge in [-0.2, -0.15) is 0 Å². The van der Waals surface area contributed by atoms with E-state index in [-0.39, 0.29) is 17.9 Å². The number of allylic oxidation sites excluding steroid dienone is 1. The van der Waals surface area contributed by atoms with Crippen LogP contribution in [-0.2, 0) is 9.53 Å². The third-order valence-corrected chi connectivity index (χ3v) is 3.76. The van der Waals surface area contributed by atoms with Gasteiger partial charge < -0.3 is 4.74 Å². The Balaban J connectivity index is 1.98. The van der Waals surface area contributed by atoms with Gasteiger partial charge in [0.05, 0.1) is 6.04 Å². The lowest BCUT2D eigenvalue weighted by Crippen LogP contribution is -2.41. The van der Waals surface area contributed by atoms with Crippen molar-refractivity contribution in [2.24, 2.45) is 5.92 Å². The van der Waals surface area contributed by atoms with Crippen LogP contribution in [0.25, 0.3) is 0 Å². The van der Waals surface area contributed by atoms with Crippen LogP contribution in [0.5, 0.6) is 0 Å². The SMILES string of the molecule is CC(C)[C@H]1COC(=O)N1C(=O)CC=C1CCCC1. The second-order valence-electron chi connectivity index (χ2n) is 5.43. The molecule has 0 aromatic rings. The van der Waals surface area contributed by atoms with Crippen LogP contribution in [-0.4, -0.2) is 29.5 Å². The van der Waals surface area contributed by atoms with Gasteiger partial charge in [-0.3, -0.25) is 4.79 Å². The fourth-order valence-corrected chi connectivity index (χ4v) is 2.58. The van der Waals surface area contributed by atoms with Crippen molar-refractivity contribution in [1.29, 1.82) is 0 Å². The summed E-state index contributed by atoms with van der Waals surface area (Å²) in [5.74, 6) is 0.107. The molecule has 1 aliphatic carbocycles. The van der Waals surface area contributed by atoms with E-state index in [0.29, 0.717) is 13.0 Å². The van der Waals surface area contributed by atoms with E-state index in [4.69, 9.17) is 4.74 Å². The number of nitrogens with zero attached hydrogens (tertiary/aromatic N) is 1. The first-order valence-electron chi connectivity index (χ1n) is 6.76. The lowest BCUT2D eigenvalue weighted by molar-refractivity contribution is -0.128. The first-order chi connectivity index (χ1) is 8.59. The highest BCUT2D eigenvalue weighted by molar-refractivity contribution is 5.94. The maximum atomic E-state index is 12.1. The zero-order chi connectivity index (χ0) is 13.1. The molecule has 2 rings (SSSR count). The first-order valence-corrected chi connectivity index (χ1v) is 6.76. The van der Waals surface area contributed by atoms with E-state index >= 15 is 0 Å². The number of hydrogen-bond acceptors (Lipinski definition) is 3. The molecular weight excluding hydrogens is 230 g/mol. The van der Waals surface area contributed by atoms with Crippen LogP contribution in [0.4, 0.5) is 4.79 Å². The molecule has 0 radical (unpaired) electrons. The third kappa shape index (κ3) is 2.74. The zero-order valence-electron chi connectivity index (χ0n) is 11.1. The fraction of sp³-hybridized carbons (Fsp3) is 0.714. The van der Waals surface area contributed by atoms with E-state index in [2.05, 4.69) is 0 Å². The number of rotatable bonds is 3. The number of hydrogen-bond donors (Lipinski definition) is 0. The van der Waals surface area contributed by atoms with Crippen molar-refractivity contribution in [3.63, 3.8) is 0 Å². The van der Waals surface area contributed by atoms with Gasteiger partial charge >= 0.3 is 6.09 Å². The molecule has 2 fully saturated rings. The predicted molar refractivity (Wildman–Crippen MR) is 68.0 cm³/mol. The van der Waals surface area contributed by atoms with Gasteiger partial charge in [-0.25, -0.2) is 9.69 Å². The first kappa shape index (κ1) is 13.1. The van der Waals surface area contributed by atoms with Gasteiger partial charge in [0.1, 0.15) is 6.61 Å². The Morgan fingerprint density at radius 3 is 2.72 bits per heavy atom. The summed E-state index contributed by atoms with van der Waals surface area (Å²) in [7, 11) is 0. The molecule has 4 heteroatoms. The van der Waals surface area contributed by atoms with Crippen LogP contribution in [0.1, 0.15) is 46.0 Å². The highest BCUT2D eigenvalue weighted by Crippen LogP contribution is 2.25. The number of cyclic esters (lactones) is 1. The normalized spacial score (nSPS) is 23.7. The Bertz CT molecular complexity index is 365. The summed E-state index contributed by atoms with van der Waals surface area (Å²) in [6.07, 6.45) is 6.49. The molecule has 18 heavy (non-hydrogen) atoms. The van der Waals surface area contributed by atoms with Crippen LogP contribution in [0, 0.1) is 5.92 Å². The maximum absolute atomic E-state index is 12.1. The molecule has 0 aromatic carbocycles. The summed E-state index contributed by atoms with van der Waals surface area (Å²) in [6, 6.07) is -0.105. The predicted octanol–water partition coefficient (Wildman–Crippen LogP) is 2.88. The molecule has 1 saturated carbocycles. The molecule has 100 valence electrons. The second-order valence-corrected chi connectivity index (χ2v) is 5.43. The number of amides is 2. The van der Waals surface area contributed by atoms with E-state index in [0.717, 1.165) is 12.8 Å². The van der Waals surface area contributed by atoms with Crippen LogP contribution in [0.3, 0.4) is 0 Å². The van der Waals surface area contributed by atoms with Crippen molar-refractivity contribution in [3.05, 3.63) is 11.6 Å². The lowest BCUT2D eigenvalue weighted by Gasteiger charge is -2.22. The zero-order valence-corrected chi connectivity index (χ0v) is 11.1. The fourth-order valence-electron chi connectivity index (χ4n) is 2.58. The molecule has 0 spiro atoms. The van der Waals surface area contributed by atoms with E-state index in [1.807, 2.05) is 19.9 Å². The maximum Gasteiger partial charge on any atom is 0.416 e. The van der Waals surface area contributed by atoms with Gasteiger partial charge in [0.15, 0.2) is 0 Å². The summed E-state index contributed by atoms with van der Waals surface area (Å²) in [4.78, 5) is 25.0. The summed E-state index contributed by atoms with van der Waals surface area (Å²) >= 11 is 0. The number of imide groups is 1. The Labute approximate surface area is 108 Å². The van der Waals surface area contributed by atoms with E-state index < -0.39 is 6.09 Å². The van der Waals surface area contributed by atoms with E-state index in [9.17, 15) is 9.59 Å². The number of ether oxygens (including phenoxy) is 1. The van der Waals surface area contributed by atoms with Crippen LogP contribution in [0.15, 0.2) is 11.6 Å². The van der Waals surface area contributed by atoms with Crippen molar-refractivity contribution < 1.29 is 14.3 Å². The highest BCUT2D eigenvalue weighted by atomic mass is 16.6. The van der Waals surface area contributed by atoms with Gasteiger partial charge in [-0.15, -0.1) is 0 Å². The Morgan fingerprint density at radius 2 is 2.11 bits per heavy atom. The molecule has 1 atom stereocenters. The minimum atomic E-state index is -0.483. The summed E-state index contributed by atoms with van der Waals surface area (Å²) < 4.78 is 4.98. The molecule has 1 aliphatic heterocycles. The van der Waals surface area contributed by atoms with E-state index in [1.165, 1.54) is 23.3 Å². The minimum Gasteiger partial charge on any atom is -0.447 e. The molecule has 0 unspecified atom stereocenters. The van der Waals surface area contributed by atoms with Gasteiger partial charge in [-0.05, 0) is 31.6 Å². The largest absolute Gasteiger partial charge is 0.447 e. The van der Waals surface area contributed by atoms with Crippen molar-refractivity contribution >= 4 is 12.0 Å². The molecule has 4 nitrogen and oxygen atoms in total. The Morgan fingerprint density at radius 1 is 1.44 bits per heavy atom. The molecule has 0 bridgehead atoms. The average Bonchev–Trinajstić information content (AvgIpc) is 2.94. The minimum absolute atomic E-state index is 0.105. The molecule has 2 aliphatic rings. The molecule has 0 aromatic heterocycles. The van der Waals surface area contributed by atoms with Crippen LogP contribution in [0.2, 0.25) is 0 Å². The van der Waals surface area contributed by atoms with Gasteiger partial charge in [0, 0.05) is 6.42 Å². The Kier molecular flexibility index (Phi) is 4.04. The molecule has 2 amide bonds. The molecule has 0 N–H and O–H groups in total. The van der Waals surface area contributed by atoms with Crippen LogP contribution < -0.4 is 0 Å². The Hall–Kier alpha value is -1.32. The third-order valence-electron chi connectivity index (χ3n) is 3.76. The lowest BCUT2D eigenvalue weighted by atomic mass is 10.0. The van der Waals surface area contributed by atoms with Crippen molar-refractivity contribution in [1.82, 2.24) is 4.90 Å². The monoisotopic (exact) mass is 251 g/mol. The van der Waals surface area contributed by atoms with Crippen molar-refractivity contribution in [3.8, 4) is 0 Å². The second kappa shape index (κ2) is 5.55. The van der Waals surface area contributed by atoms with Gasteiger partial charge in [0.2, 0.25) is 5.91 Å². The summed E-state index contributed by atoms with van der Waals surface area (Å²) in [5, 5.41) is 0. The van der Waals surface area contributed by atoms with Crippen molar-refractivity contribution in [2.45, 2.75) is 52.0 Å². The topological polar surface area (TPSA) is 46.6 Å². The molecule has 1 heterocycles. The summed E-state index contributed by atoms with van der Waals surface area (Å²) in [5.41, 5.74) is 1.36. The smallest absolute Gasteiger partial charge is 0.416 e. The van der Waals surface area contributed by atoms with Gasteiger partial charge in [0.25, 0.3) is 0 Å². The van der Waals surface area contributed by atoms with Gasteiger partial charge in [-0.1, -0.05) is 25.5 Å². The van der Waals surface area contributed by atoms with Crippen LogP contribution >= 0.6 is 0 Å². The van der Waals surface area contributed by atoms with E-state index in [1.54, 1.807) is 0 Å². The quantitative estimate of drug-likeness (QED) is 0.724. The standard InChI is InChI=1S/C14H21NO3/c1-10(2)12-9-18-14(17)15(12)13(16)8-7-11-5-3-4-6-11/h7,10,12H,3-6,8-9H2,1-2H3/t12-/m1/s1. The molecular formula is C14H21NO3. The highest BCUT2D eigenvalue weighted by Gasteiger charge is 2.38. The van der Waals surface area contributed by atoms with Crippen molar-refractivity contribution in [2.75, 3.05) is 6.61 Å². The average molecular weight is 251 g/mol. The summed E-state index contributed by atoms with van der Waals surface area (Å²) in [6.45, 7) is 4.34. The number of carbonyl (C=O) groups excluding carboxylic acids is 2.